The number of halogens is 2. The number of piperazine rings is 1. The first kappa shape index (κ1) is 20.9. The third kappa shape index (κ3) is 5.39. The minimum atomic E-state index is -0.238. The fraction of sp³-hybridized carbons (Fsp3) is 0.381. The van der Waals surface area contributed by atoms with Crippen LogP contribution in [0, 0.1) is 0 Å². The number of carbonyl (C=O) groups excluding carboxylic acids is 1. The number of anilines is 1. The molecule has 1 N–H and O–H groups in total. The Morgan fingerprint density at radius 1 is 1.11 bits per heavy atom. The van der Waals surface area contributed by atoms with Crippen LogP contribution in [-0.4, -0.2) is 55.0 Å². The van der Waals surface area contributed by atoms with Crippen molar-refractivity contribution in [1.29, 1.82) is 0 Å². The van der Waals surface area contributed by atoms with Gasteiger partial charge in [-0.25, -0.2) is 0 Å². The number of carbonyl (C=O) groups is 1. The lowest BCUT2D eigenvalue weighted by molar-refractivity contribution is -0.121. The number of benzene rings is 2. The van der Waals surface area contributed by atoms with Gasteiger partial charge in [-0.3, -0.25) is 14.6 Å². The molecule has 0 aromatic heterocycles. The van der Waals surface area contributed by atoms with Gasteiger partial charge in [0.05, 0.1) is 23.9 Å². The number of nitrogens with zero attached hydrogens (tertiary/aromatic N) is 2. The molecule has 0 bridgehead atoms. The maximum Gasteiger partial charge on any atom is 0.241 e. The Morgan fingerprint density at radius 3 is 2.43 bits per heavy atom. The molecule has 3 rings (SSSR count). The molecule has 0 aliphatic carbocycles. The zero-order valence-corrected chi connectivity index (χ0v) is 17.6. The van der Waals surface area contributed by atoms with Crippen molar-refractivity contribution in [2.24, 2.45) is 0 Å². The first-order chi connectivity index (χ1) is 13.5. The molecular formula is C21H25Cl2N3O2. The van der Waals surface area contributed by atoms with E-state index >= 15 is 0 Å². The van der Waals surface area contributed by atoms with Gasteiger partial charge in [-0.2, -0.15) is 0 Å². The van der Waals surface area contributed by atoms with Crippen molar-refractivity contribution in [3.8, 4) is 5.75 Å². The van der Waals surface area contributed by atoms with Gasteiger partial charge in [0, 0.05) is 37.7 Å². The van der Waals surface area contributed by atoms with Gasteiger partial charge in [-0.05, 0) is 42.8 Å². The molecule has 2 aromatic rings. The van der Waals surface area contributed by atoms with Crippen molar-refractivity contribution in [3.63, 3.8) is 0 Å². The van der Waals surface area contributed by atoms with Crippen molar-refractivity contribution in [2.45, 2.75) is 19.5 Å². The molecule has 28 heavy (non-hydrogen) atoms. The van der Waals surface area contributed by atoms with Crippen LogP contribution in [0.3, 0.4) is 0 Å². The molecule has 0 unspecified atom stereocenters. The molecule has 0 radical (unpaired) electrons. The van der Waals surface area contributed by atoms with Gasteiger partial charge in [0.25, 0.3) is 0 Å². The van der Waals surface area contributed by atoms with Gasteiger partial charge in [0.15, 0.2) is 0 Å². The molecule has 0 spiro atoms. The molecule has 1 saturated heterocycles. The maximum atomic E-state index is 12.6. The standard InChI is InChI=1S/C21H25Cl2N3O2/c1-15(21(27)24-20-13-17(22)5-8-19(20)23)26-11-9-25(10-12-26)14-16-3-6-18(28-2)7-4-16/h3-8,13,15H,9-12,14H2,1-2H3,(H,24,27)/t15-/m0/s1. The van der Waals surface area contributed by atoms with Gasteiger partial charge in [-0.1, -0.05) is 35.3 Å². The third-order valence-corrected chi connectivity index (χ3v) is 5.65. The molecule has 1 fully saturated rings. The molecule has 1 amide bonds. The molecule has 1 aliphatic rings. The summed E-state index contributed by atoms with van der Waals surface area (Å²) in [5.74, 6) is 0.793. The minimum Gasteiger partial charge on any atom is -0.497 e. The number of rotatable bonds is 6. The molecule has 1 aliphatic heterocycles. The monoisotopic (exact) mass is 421 g/mol. The van der Waals surface area contributed by atoms with E-state index in [4.69, 9.17) is 27.9 Å². The van der Waals surface area contributed by atoms with Crippen LogP contribution < -0.4 is 10.1 Å². The van der Waals surface area contributed by atoms with E-state index in [-0.39, 0.29) is 11.9 Å². The fourth-order valence-corrected chi connectivity index (χ4v) is 3.63. The number of nitrogens with one attached hydrogen (secondary N) is 1. The van der Waals surface area contributed by atoms with Crippen LogP contribution in [0.4, 0.5) is 5.69 Å². The van der Waals surface area contributed by atoms with Crippen LogP contribution in [0.2, 0.25) is 10.0 Å². The van der Waals surface area contributed by atoms with E-state index in [9.17, 15) is 4.79 Å². The second-order valence-corrected chi connectivity index (χ2v) is 7.79. The normalized spacial score (nSPS) is 16.6. The third-order valence-electron chi connectivity index (χ3n) is 5.09. The predicted molar refractivity (Wildman–Crippen MR) is 114 cm³/mol. The Bertz CT molecular complexity index is 806. The minimum absolute atomic E-state index is 0.0761. The SMILES string of the molecule is COc1ccc(CN2CCN([C@@H](C)C(=O)Nc3cc(Cl)ccc3Cl)CC2)cc1. The summed E-state index contributed by atoms with van der Waals surface area (Å²) < 4.78 is 5.20. The van der Waals surface area contributed by atoms with Crippen molar-refractivity contribution in [2.75, 3.05) is 38.6 Å². The maximum absolute atomic E-state index is 12.6. The molecule has 5 nitrogen and oxygen atoms in total. The lowest BCUT2D eigenvalue weighted by Gasteiger charge is -2.37. The predicted octanol–water partition coefficient (Wildman–Crippen LogP) is 4.15. The molecule has 150 valence electrons. The second-order valence-electron chi connectivity index (χ2n) is 6.95. The number of methoxy groups -OCH3 is 1. The molecule has 1 atom stereocenters. The average Bonchev–Trinajstić information content (AvgIpc) is 2.71. The number of ether oxygens (including phenoxy) is 1. The van der Waals surface area contributed by atoms with E-state index in [1.807, 2.05) is 19.1 Å². The first-order valence-corrected chi connectivity index (χ1v) is 10.1. The van der Waals surface area contributed by atoms with Gasteiger partial charge in [-0.15, -0.1) is 0 Å². The van der Waals surface area contributed by atoms with Crippen molar-refractivity contribution < 1.29 is 9.53 Å². The van der Waals surface area contributed by atoms with Crippen LogP contribution in [-0.2, 0) is 11.3 Å². The topological polar surface area (TPSA) is 44.8 Å². The zero-order valence-electron chi connectivity index (χ0n) is 16.1. The quantitative estimate of drug-likeness (QED) is 0.760. The molecule has 1 heterocycles. The summed E-state index contributed by atoms with van der Waals surface area (Å²) in [4.78, 5) is 17.2. The number of hydrogen-bond acceptors (Lipinski definition) is 4. The second kappa shape index (κ2) is 9.61. The average molecular weight is 422 g/mol. The highest BCUT2D eigenvalue weighted by atomic mass is 35.5. The van der Waals surface area contributed by atoms with Crippen LogP contribution in [0.5, 0.6) is 5.75 Å². The lowest BCUT2D eigenvalue weighted by atomic mass is 10.1. The van der Waals surface area contributed by atoms with Crippen LogP contribution >= 0.6 is 23.2 Å². The van der Waals surface area contributed by atoms with E-state index in [0.29, 0.717) is 15.7 Å². The molecular weight excluding hydrogens is 397 g/mol. The first-order valence-electron chi connectivity index (χ1n) is 9.31. The molecule has 7 heteroatoms. The summed E-state index contributed by atoms with van der Waals surface area (Å²) in [6.07, 6.45) is 0. The Hall–Kier alpha value is -1.79. The Labute approximate surface area is 176 Å². The van der Waals surface area contributed by atoms with Crippen molar-refractivity contribution >= 4 is 34.8 Å². The van der Waals surface area contributed by atoms with E-state index in [1.54, 1.807) is 25.3 Å². The summed E-state index contributed by atoms with van der Waals surface area (Å²) >= 11 is 12.1. The lowest BCUT2D eigenvalue weighted by Crippen LogP contribution is -2.52. The summed E-state index contributed by atoms with van der Waals surface area (Å²) in [7, 11) is 1.67. The van der Waals surface area contributed by atoms with E-state index in [1.165, 1.54) is 5.56 Å². The largest absolute Gasteiger partial charge is 0.497 e. The summed E-state index contributed by atoms with van der Waals surface area (Å²) in [6, 6.07) is 13.0. The van der Waals surface area contributed by atoms with Gasteiger partial charge in [0.2, 0.25) is 5.91 Å². The summed E-state index contributed by atoms with van der Waals surface area (Å²) in [5, 5.41) is 3.91. The Morgan fingerprint density at radius 2 is 1.79 bits per heavy atom. The number of hydrogen-bond donors (Lipinski definition) is 1. The van der Waals surface area contributed by atoms with Gasteiger partial charge in [0.1, 0.15) is 5.75 Å². The van der Waals surface area contributed by atoms with Gasteiger partial charge < -0.3 is 10.1 Å². The Kier molecular flexibility index (Phi) is 7.18. The Balaban J connectivity index is 1.50. The highest BCUT2D eigenvalue weighted by Gasteiger charge is 2.26. The molecule has 2 aromatic carbocycles. The van der Waals surface area contributed by atoms with Gasteiger partial charge >= 0.3 is 0 Å². The van der Waals surface area contributed by atoms with Crippen molar-refractivity contribution in [3.05, 3.63) is 58.1 Å². The number of amides is 1. The summed E-state index contributed by atoms with van der Waals surface area (Å²) in [5.41, 5.74) is 1.81. The zero-order chi connectivity index (χ0) is 20.1. The van der Waals surface area contributed by atoms with E-state index in [0.717, 1.165) is 38.5 Å². The van der Waals surface area contributed by atoms with Crippen LogP contribution in [0.15, 0.2) is 42.5 Å². The van der Waals surface area contributed by atoms with Crippen LogP contribution in [0.1, 0.15) is 12.5 Å². The molecule has 0 saturated carbocycles. The van der Waals surface area contributed by atoms with E-state index in [2.05, 4.69) is 27.2 Å². The smallest absolute Gasteiger partial charge is 0.241 e. The van der Waals surface area contributed by atoms with Crippen molar-refractivity contribution in [1.82, 2.24) is 9.80 Å². The van der Waals surface area contributed by atoms with E-state index < -0.39 is 0 Å². The highest BCUT2D eigenvalue weighted by Crippen LogP contribution is 2.26. The van der Waals surface area contributed by atoms with Crippen LogP contribution in [0.25, 0.3) is 0 Å². The highest BCUT2D eigenvalue weighted by molar-refractivity contribution is 6.35. The fourth-order valence-electron chi connectivity index (χ4n) is 3.29. The summed E-state index contributed by atoms with van der Waals surface area (Å²) in [6.45, 7) is 6.34.